The molecule has 0 fully saturated rings. The molecule has 100 valence electrons. The second-order valence-electron chi connectivity index (χ2n) is 3.14. The number of nitrogens with two attached hydrogens (primary N) is 1. The molecule has 17 heavy (non-hydrogen) atoms. The fraction of sp³-hybridized carbons (Fsp3) is 0.714. The number of hydrogen-bond donors (Lipinski definition) is 4. The summed E-state index contributed by atoms with van der Waals surface area (Å²) < 4.78 is 20.8. The summed E-state index contributed by atoms with van der Waals surface area (Å²) in [5.74, 6) is -3.40. The molecule has 0 saturated heterocycles. The zero-order valence-electron chi connectivity index (χ0n) is 8.81. The molecule has 0 aliphatic heterocycles. The van der Waals surface area contributed by atoms with Crippen molar-refractivity contribution in [2.24, 2.45) is 11.7 Å². The zero-order valence-corrected chi connectivity index (χ0v) is 11.3. The van der Waals surface area contributed by atoms with E-state index < -0.39 is 23.4 Å². The number of carbonyl (C=O) groups is 2. The highest BCUT2D eigenvalue weighted by atomic mass is 33.1. The molecular weight excluding hydrogens is 289 g/mol. The molecule has 0 spiro atoms. The number of carboxylic acids is 2. The Balaban J connectivity index is 4.56. The summed E-state index contributed by atoms with van der Waals surface area (Å²) in [4.78, 5) is 21.2. The van der Waals surface area contributed by atoms with Crippen molar-refractivity contribution in [3.8, 4) is 0 Å². The predicted molar refractivity (Wildman–Crippen MR) is 67.3 cm³/mol. The number of rotatable bonds is 9. The second kappa shape index (κ2) is 7.99. The van der Waals surface area contributed by atoms with E-state index in [0.29, 0.717) is 0 Å². The van der Waals surface area contributed by atoms with Crippen molar-refractivity contribution in [3.63, 3.8) is 0 Å². The molecule has 0 radical (unpaired) electrons. The molecule has 0 bridgehead atoms. The summed E-state index contributed by atoms with van der Waals surface area (Å²) in [6, 6.07) is 0. The summed E-state index contributed by atoms with van der Waals surface area (Å²) in [5.41, 5.74) is 2.01. The van der Waals surface area contributed by atoms with E-state index in [1.54, 1.807) is 0 Å². The van der Waals surface area contributed by atoms with Gasteiger partial charge in [-0.15, -0.1) is 0 Å². The van der Waals surface area contributed by atoms with Gasteiger partial charge in [0.2, 0.25) is 5.55 Å². The lowest BCUT2D eigenvalue weighted by Gasteiger charge is -2.17. The van der Waals surface area contributed by atoms with E-state index in [1.165, 1.54) is 0 Å². The van der Waals surface area contributed by atoms with E-state index in [1.807, 2.05) is 0 Å². The Hall–Kier alpha value is -0.210. The quantitative estimate of drug-likeness (QED) is 0.284. The van der Waals surface area contributed by atoms with Gasteiger partial charge in [0.1, 0.15) is 0 Å². The number of aliphatic carboxylic acids is 2. The van der Waals surface area contributed by atoms with Gasteiger partial charge in [-0.2, -0.15) is 0 Å². The number of hydrogen-bond acceptors (Lipinski definition) is 7. The molecule has 7 nitrogen and oxygen atoms in total. The Bertz CT molecular complexity index is 325. The van der Waals surface area contributed by atoms with Crippen LogP contribution in [0.5, 0.6) is 0 Å². The molecular formula is C7H14NO6PS2. The van der Waals surface area contributed by atoms with Gasteiger partial charge < -0.3 is 20.5 Å². The average Bonchev–Trinajstić information content (AvgIpc) is 2.24. The normalized spacial score (nSPS) is 16.1. The molecule has 5 N–H and O–H groups in total. The third-order valence-corrected chi connectivity index (χ3v) is 8.39. The molecule has 0 aromatic rings. The molecule has 0 saturated carbocycles. The summed E-state index contributed by atoms with van der Waals surface area (Å²) in [7, 11) is 0. The highest BCUT2D eigenvalue weighted by molar-refractivity contribution is 8.89. The first kappa shape index (κ1) is 16.8. The van der Waals surface area contributed by atoms with Gasteiger partial charge in [-0.3, -0.25) is 14.2 Å². The molecule has 0 aliphatic rings. The fourth-order valence-electron chi connectivity index (χ4n) is 1.08. The van der Waals surface area contributed by atoms with Crippen molar-refractivity contribution in [3.05, 3.63) is 0 Å². The largest absolute Gasteiger partial charge is 0.481 e. The fourth-order valence-corrected chi connectivity index (χ4v) is 5.80. The maximum absolute atomic E-state index is 11.9. The Kier molecular flexibility index (Phi) is 7.89. The molecule has 0 amide bonds. The average molecular weight is 303 g/mol. The van der Waals surface area contributed by atoms with Crippen molar-refractivity contribution >= 4 is 40.5 Å². The number of carboxylic acid groups (broad SMARTS) is 2. The third-order valence-electron chi connectivity index (χ3n) is 1.90. The van der Waals surface area contributed by atoms with Gasteiger partial charge >= 0.3 is 11.9 Å². The van der Waals surface area contributed by atoms with Crippen LogP contribution in [0.15, 0.2) is 0 Å². The Morgan fingerprint density at radius 2 is 1.94 bits per heavy atom. The second-order valence-corrected chi connectivity index (χ2v) is 11.0. The molecule has 10 heteroatoms. The molecule has 2 atom stereocenters. The van der Waals surface area contributed by atoms with Gasteiger partial charge in [0.15, 0.2) is 0 Å². The van der Waals surface area contributed by atoms with E-state index in [9.17, 15) is 14.2 Å². The summed E-state index contributed by atoms with van der Waals surface area (Å²) >= 11 is 0.899. The Morgan fingerprint density at radius 1 is 1.35 bits per heavy atom. The van der Waals surface area contributed by atoms with Crippen LogP contribution in [0.4, 0.5) is 0 Å². The van der Waals surface area contributed by atoms with Gasteiger partial charge in [-0.25, -0.2) is 0 Å². The minimum atomic E-state index is -3.18. The van der Waals surface area contributed by atoms with E-state index in [2.05, 4.69) is 0 Å². The first-order valence-corrected chi connectivity index (χ1v) is 9.42. The minimum Gasteiger partial charge on any atom is -0.481 e. The van der Waals surface area contributed by atoms with Crippen molar-refractivity contribution in [2.75, 3.05) is 12.0 Å². The zero-order chi connectivity index (χ0) is 13.5. The van der Waals surface area contributed by atoms with Gasteiger partial charge in [0, 0.05) is 18.5 Å². The van der Waals surface area contributed by atoms with Gasteiger partial charge in [0.25, 0.3) is 0 Å². The van der Waals surface area contributed by atoms with Crippen LogP contribution in [0.3, 0.4) is 0 Å². The van der Waals surface area contributed by atoms with E-state index in [-0.39, 0.29) is 36.5 Å². The summed E-state index contributed by atoms with van der Waals surface area (Å²) in [6.45, 7) is 0. The first-order chi connectivity index (χ1) is 7.84. The molecule has 2 unspecified atom stereocenters. The lowest BCUT2D eigenvalue weighted by molar-refractivity contribution is -0.142. The predicted octanol–water partition coefficient (Wildman–Crippen LogP) is 1.60. The van der Waals surface area contributed by atoms with Crippen LogP contribution in [0.1, 0.15) is 12.8 Å². The third kappa shape index (κ3) is 6.95. The van der Waals surface area contributed by atoms with Crippen LogP contribution in [-0.4, -0.2) is 38.7 Å². The smallest absolute Gasteiger partial charge is 0.307 e. The van der Waals surface area contributed by atoms with Crippen LogP contribution in [0, 0.1) is 5.92 Å². The van der Waals surface area contributed by atoms with E-state index in [4.69, 9.17) is 20.5 Å². The first-order valence-electron chi connectivity index (χ1n) is 4.56. The highest BCUT2D eigenvalue weighted by Gasteiger charge is 2.31. The minimum absolute atomic E-state index is 0.00386. The summed E-state index contributed by atoms with van der Waals surface area (Å²) in [6.07, 6.45) is -0.723. The molecule has 0 heterocycles. The van der Waals surface area contributed by atoms with Crippen molar-refractivity contribution in [2.45, 2.75) is 12.8 Å². The van der Waals surface area contributed by atoms with Crippen LogP contribution in [0.25, 0.3) is 0 Å². The van der Waals surface area contributed by atoms with Crippen LogP contribution >= 0.6 is 28.6 Å². The molecule has 0 aliphatic carbocycles. The van der Waals surface area contributed by atoms with E-state index >= 15 is 0 Å². The van der Waals surface area contributed by atoms with E-state index in [0.717, 1.165) is 11.4 Å². The van der Waals surface area contributed by atoms with Crippen molar-refractivity contribution in [1.29, 1.82) is 0 Å². The van der Waals surface area contributed by atoms with Gasteiger partial charge in [-0.05, 0) is 6.42 Å². The topological polar surface area (TPSA) is 138 Å². The lowest BCUT2D eigenvalue weighted by atomic mass is 10.1. The van der Waals surface area contributed by atoms with Crippen LogP contribution in [0.2, 0.25) is 0 Å². The standard InChI is InChI=1S/C7H14NO6PS2/c8-4-16-15(13,17-14)3-5(7(11)12)1-2-6(9)10/h5,14H,1-4,8H2,(H,9,10)(H,11,12). The van der Waals surface area contributed by atoms with Crippen molar-refractivity contribution < 1.29 is 28.9 Å². The lowest BCUT2D eigenvalue weighted by Crippen LogP contribution is -2.18. The summed E-state index contributed by atoms with van der Waals surface area (Å²) in [5, 5.41) is 17.3. The SMILES string of the molecule is NCSP(=O)(CC(CCC(=O)O)C(=O)O)SO. The molecule has 0 aromatic carbocycles. The van der Waals surface area contributed by atoms with Crippen LogP contribution < -0.4 is 5.73 Å². The van der Waals surface area contributed by atoms with Gasteiger partial charge in [0.05, 0.1) is 17.6 Å². The van der Waals surface area contributed by atoms with Crippen LogP contribution in [-0.2, 0) is 14.2 Å². The highest BCUT2D eigenvalue weighted by Crippen LogP contribution is 2.68. The monoisotopic (exact) mass is 303 g/mol. The molecule has 0 rings (SSSR count). The van der Waals surface area contributed by atoms with Crippen molar-refractivity contribution in [1.82, 2.24) is 0 Å². The Morgan fingerprint density at radius 3 is 2.29 bits per heavy atom. The van der Waals surface area contributed by atoms with Gasteiger partial charge in [-0.1, -0.05) is 11.4 Å². The molecule has 0 aromatic heterocycles. The Labute approximate surface area is 106 Å². The maximum atomic E-state index is 11.9. The maximum Gasteiger partial charge on any atom is 0.307 e.